The lowest BCUT2D eigenvalue weighted by Gasteiger charge is -2.17. The number of carbonyl (C=O) groups excluding carboxylic acids is 1. The van der Waals surface area contributed by atoms with Gasteiger partial charge < -0.3 is 4.74 Å². The Bertz CT molecular complexity index is 867. The molecule has 0 spiro atoms. The average molecular weight is 383 g/mol. The lowest BCUT2D eigenvalue weighted by molar-refractivity contribution is -0.127. The van der Waals surface area contributed by atoms with Crippen molar-refractivity contribution in [3.8, 4) is 5.75 Å². The Morgan fingerprint density at radius 3 is 2.40 bits per heavy atom. The van der Waals surface area contributed by atoms with Crippen molar-refractivity contribution in [2.75, 3.05) is 0 Å². The second-order valence-corrected chi connectivity index (χ2v) is 7.63. The fourth-order valence-electron chi connectivity index (χ4n) is 1.99. The summed E-state index contributed by atoms with van der Waals surface area (Å²) in [5.74, 6) is -0.0401. The van der Waals surface area contributed by atoms with E-state index in [9.17, 15) is 13.2 Å². The Morgan fingerprint density at radius 1 is 1.12 bits per heavy atom. The zero-order valence-corrected chi connectivity index (χ0v) is 15.6. The molecule has 0 bridgehead atoms. The Labute approximate surface area is 152 Å². The molecule has 0 heterocycles. The van der Waals surface area contributed by atoms with Gasteiger partial charge in [-0.05, 0) is 62.2 Å². The minimum atomic E-state index is -3.89. The third-order valence-electron chi connectivity index (χ3n) is 3.66. The van der Waals surface area contributed by atoms with Crippen molar-refractivity contribution >= 4 is 27.5 Å². The van der Waals surface area contributed by atoms with Crippen LogP contribution < -0.4 is 15.0 Å². The molecule has 134 valence electrons. The fourth-order valence-corrected chi connectivity index (χ4v) is 2.96. The monoisotopic (exact) mass is 382 g/mol. The number of ether oxygens (including phenoxy) is 1. The number of amides is 1. The highest BCUT2D eigenvalue weighted by molar-refractivity contribution is 7.89. The molecule has 2 aromatic carbocycles. The molecule has 0 radical (unpaired) electrons. The molecule has 8 heteroatoms. The van der Waals surface area contributed by atoms with E-state index in [1.165, 1.54) is 31.2 Å². The molecule has 0 saturated carbocycles. The van der Waals surface area contributed by atoms with E-state index < -0.39 is 22.0 Å². The number of nitrogens with one attached hydrogen (secondary N) is 2. The topological polar surface area (TPSA) is 84.5 Å². The molecule has 6 nitrogen and oxygen atoms in total. The zero-order valence-electron chi connectivity index (χ0n) is 14.0. The first-order chi connectivity index (χ1) is 11.7. The van der Waals surface area contributed by atoms with Crippen LogP contribution in [0.3, 0.4) is 0 Å². The van der Waals surface area contributed by atoms with Crippen LogP contribution >= 0.6 is 11.6 Å². The second-order valence-electron chi connectivity index (χ2n) is 5.51. The quantitative estimate of drug-likeness (QED) is 0.752. The molecule has 2 N–H and O–H groups in total. The van der Waals surface area contributed by atoms with Crippen molar-refractivity contribution in [2.45, 2.75) is 31.8 Å². The van der Waals surface area contributed by atoms with E-state index in [0.29, 0.717) is 10.8 Å². The first-order valence-corrected chi connectivity index (χ1v) is 9.37. The Morgan fingerprint density at radius 2 is 1.76 bits per heavy atom. The van der Waals surface area contributed by atoms with E-state index in [1.807, 2.05) is 30.8 Å². The number of hydrogen-bond donors (Lipinski definition) is 2. The van der Waals surface area contributed by atoms with Gasteiger partial charge in [0.25, 0.3) is 15.9 Å². The summed E-state index contributed by atoms with van der Waals surface area (Å²) in [6.07, 6.45) is -0.881. The summed E-state index contributed by atoms with van der Waals surface area (Å²) in [5.41, 5.74) is 4.11. The molecule has 25 heavy (non-hydrogen) atoms. The number of aryl methyl sites for hydroxylation is 1. The summed E-state index contributed by atoms with van der Waals surface area (Å²) in [6, 6.07) is 11.1. The molecular weight excluding hydrogens is 364 g/mol. The average Bonchev–Trinajstić information content (AvgIpc) is 2.57. The largest absolute Gasteiger partial charge is 0.481 e. The van der Waals surface area contributed by atoms with Crippen molar-refractivity contribution in [1.29, 1.82) is 0 Å². The first-order valence-electron chi connectivity index (χ1n) is 7.51. The van der Waals surface area contributed by atoms with Crippen molar-refractivity contribution in [3.05, 3.63) is 58.6 Å². The van der Waals surface area contributed by atoms with Gasteiger partial charge in [0.05, 0.1) is 4.90 Å². The predicted octanol–water partition coefficient (Wildman–Crippen LogP) is 2.73. The summed E-state index contributed by atoms with van der Waals surface area (Å²) in [7, 11) is -3.89. The summed E-state index contributed by atoms with van der Waals surface area (Å²) >= 11 is 5.73. The van der Waals surface area contributed by atoms with Crippen molar-refractivity contribution in [3.63, 3.8) is 0 Å². The first kappa shape index (κ1) is 19.2. The minimum absolute atomic E-state index is 0.0136. The molecule has 0 unspecified atom stereocenters. The standard InChI is InChI=1S/C17H19ClN2O4S/c1-11-5-4-6-16(12(11)2)24-13(3)17(21)19-20-25(22,23)15-9-7-14(18)8-10-15/h4-10,13,20H,1-3H3,(H,19,21)/t13-/m0/s1. The summed E-state index contributed by atoms with van der Waals surface area (Å²) in [4.78, 5) is 14.1. The van der Waals surface area contributed by atoms with E-state index in [-0.39, 0.29) is 4.90 Å². The summed E-state index contributed by atoms with van der Waals surface area (Å²) in [5, 5.41) is 0.415. The number of sulfonamides is 1. The van der Waals surface area contributed by atoms with Gasteiger partial charge >= 0.3 is 0 Å². The van der Waals surface area contributed by atoms with Gasteiger partial charge in [0.15, 0.2) is 6.10 Å². The van der Waals surface area contributed by atoms with Crippen LogP contribution in [0.15, 0.2) is 47.4 Å². The maximum atomic E-state index is 12.1. The number of benzene rings is 2. The molecule has 0 aromatic heterocycles. The van der Waals surface area contributed by atoms with Crippen LogP contribution in [0.25, 0.3) is 0 Å². The minimum Gasteiger partial charge on any atom is -0.481 e. The third-order valence-corrected chi connectivity index (χ3v) is 5.18. The Balaban J connectivity index is 1.99. The van der Waals surface area contributed by atoms with Crippen molar-refractivity contribution in [1.82, 2.24) is 10.3 Å². The number of rotatable bonds is 6. The van der Waals surface area contributed by atoms with Crippen molar-refractivity contribution in [2.24, 2.45) is 0 Å². The molecule has 2 aromatic rings. The van der Waals surface area contributed by atoms with Crippen LogP contribution in [0.1, 0.15) is 18.1 Å². The smallest absolute Gasteiger partial charge is 0.275 e. The predicted molar refractivity (Wildman–Crippen MR) is 95.9 cm³/mol. The number of halogens is 1. The molecule has 0 aliphatic rings. The van der Waals surface area contributed by atoms with Crippen LogP contribution in [0, 0.1) is 13.8 Å². The SMILES string of the molecule is Cc1cccc(O[C@@H](C)C(=O)NNS(=O)(=O)c2ccc(Cl)cc2)c1C. The van der Waals surface area contributed by atoms with E-state index in [2.05, 4.69) is 5.43 Å². The highest BCUT2D eigenvalue weighted by Crippen LogP contribution is 2.21. The highest BCUT2D eigenvalue weighted by atomic mass is 35.5. The number of carbonyl (C=O) groups is 1. The maximum absolute atomic E-state index is 12.1. The van der Waals surface area contributed by atoms with Gasteiger partial charge in [-0.15, -0.1) is 4.83 Å². The van der Waals surface area contributed by atoms with Gasteiger partial charge in [-0.2, -0.15) is 0 Å². The van der Waals surface area contributed by atoms with Gasteiger partial charge in [-0.1, -0.05) is 23.7 Å². The molecule has 0 aliphatic carbocycles. The molecule has 1 atom stereocenters. The zero-order chi connectivity index (χ0) is 18.6. The summed E-state index contributed by atoms with van der Waals surface area (Å²) in [6.45, 7) is 5.36. The van der Waals surface area contributed by atoms with E-state index in [4.69, 9.17) is 16.3 Å². The highest BCUT2D eigenvalue weighted by Gasteiger charge is 2.20. The fraction of sp³-hybridized carbons (Fsp3) is 0.235. The van der Waals surface area contributed by atoms with Crippen LogP contribution in [-0.4, -0.2) is 20.4 Å². The van der Waals surface area contributed by atoms with E-state index in [1.54, 1.807) is 6.07 Å². The van der Waals surface area contributed by atoms with E-state index in [0.717, 1.165) is 11.1 Å². The normalized spacial score (nSPS) is 12.5. The third kappa shape index (κ3) is 4.94. The van der Waals surface area contributed by atoms with Crippen LogP contribution in [-0.2, 0) is 14.8 Å². The van der Waals surface area contributed by atoms with Gasteiger partial charge in [0, 0.05) is 5.02 Å². The molecule has 1 amide bonds. The van der Waals surface area contributed by atoms with Gasteiger partial charge in [0.1, 0.15) is 5.75 Å². The van der Waals surface area contributed by atoms with Gasteiger partial charge in [0.2, 0.25) is 0 Å². The molecule has 0 aliphatic heterocycles. The van der Waals surface area contributed by atoms with Gasteiger partial charge in [-0.3, -0.25) is 10.2 Å². The Hall–Kier alpha value is -2.09. The van der Waals surface area contributed by atoms with Crippen LogP contribution in [0.2, 0.25) is 5.02 Å². The molecular formula is C17H19ClN2O4S. The van der Waals surface area contributed by atoms with Crippen LogP contribution in [0.4, 0.5) is 0 Å². The summed E-state index contributed by atoms with van der Waals surface area (Å²) < 4.78 is 29.8. The van der Waals surface area contributed by atoms with E-state index >= 15 is 0 Å². The maximum Gasteiger partial charge on any atom is 0.275 e. The molecule has 2 rings (SSSR count). The second kappa shape index (κ2) is 7.86. The van der Waals surface area contributed by atoms with Crippen LogP contribution in [0.5, 0.6) is 5.75 Å². The van der Waals surface area contributed by atoms with Gasteiger partial charge in [-0.25, -0.2) is 8.42 Å². The molecule has 0 saturated heterocycles. The molecule has 0 fully saturated rings. The van der Waals surface area contributed by atoms with Crippen molar-refractivity contribution < 1.29 is 17.9 Å². The number of hydrogen-bond acceptors (Lipinski definition) is 4. The lowest BCUT2D eigenvalue weighted by Crippen LogP contribution is -2.47. The Kier molecular flexibility index (Phi) is 6.05. The lowest BCUT2D eigenvalue weighted by atomic mass is 10.1. The number of hydrazine groups is 1.